The van der Waals surface area contributed by atoms with E-state index in [-0.39, 0.29) is 5.78 Å². The van der Waals surface area contributed by atoms with Crippen LogP contribution in [-0.4, -0.2) is 17.3 Å². The zero-order valence-corrected chi connectivity index (χ0v) is 15.5. The summed E-state index contributed by atoms with van der Waals surface area (Å²) in [5.41, 5.74) is 6.18. The summed E-state index contributed by atoms with van der Waals surface area (Å²) in [6.45, 7) is 5.80. The molecule has 1 aromatic heterocycles. The van der Waals surface area contributed by atoms with Gasteiger partial charge in [0.2, 0.25) is 0 Å². The number of nitrogens with one attached hydrogen (secondary N) is 2. The molecule has 0 atom stereocenters. The van der Waals surface area contributed by atoms with E-state index in [1.165, 1.54) is 27.7 Å². The number of aryl methyl sites for hydroxylation is 1. The van der Waals surface area contributed by atoms with Crippen LogP contribution in [-0.2, 0) is 17.8 Å². The average molecular weight is 346 g/mol. The Hall–Kier alpha value is -2.65. The second-order valence-corrected chi connectivity index (χ2v) is 6.60. The highest BCUT2D eigenvalue weighted by Gasteiger charge is 2.07. The normalized spacial score (nSPS) is 11.5. The van der Waals surface area contributed by atoms with Gasteiger partial charge in [-0.2, -0.15) is 0 Å². The number of carbonyl (C=O) groups is 1. The fraction of sp³-hybridized carbons (Fsp3) is 0.261. The molecule has 26 heavy (non-hydrogen) atoms. The van der Waals surface area contributed by atoms with Gasteiger partial charge in [-0.05, 0) is 48.7 Å². The summed E-state index contributed by atoms with van der Waals surface area (Å²) in [6.07, 6.45) is 5.09. The number of ketones is 1. The minimum atomic E-state index is 0.156. The Balaban J connectivity index is 1.51. The molecule has 0 aliphatic heterocycles. The molecule has 134 valence electrons. The molecule has 2 N–H and O–H groups in total. The number of aromatic amines is 1. The fourth-order valence-electron chi connectivity index (χ4n) is 3.16. The highest BCUT2D eigenvalue weighted by atomic mass is 16.1. The van der Waals surface area contributed by atoms with Crippen molar-refractivity contribution in [2.24, 2.45) is 0 Å². The molecule has 3 nitrogen and oxygen atoms in total. The standard InChI is InChI=1S/C23H26N2O/c1-3-20(26)13-12-18-8-10-19(11-9-18)16-24-15-14-21-17(2)25-23-7-5-4-6-22(21)23/h4-13,24-25H,3,14-16H2,1-2H3/b13-12+. The lowest BCUT2D eigenvalue weighted by molar-refractivity contribution is -0.114. The van der Waals surface area contributed by atoms with Crippen LogP contribution in [0.25, 0.3) is 17.0 Å². The van der Waals surface area contributed by atoms with Crippen molar-refractivity contribution in [1.29, 1.82) is 0 Å². The first-order valence-corrected chi connectivity index (χ1v) is 9.24. The predicted octanol–water partition coefficient (Wildman–Crippen LogP) is 4.80. The van der Waals surface area contributed by atoms with E-state index in [4.69, 9.17) is 0 Å². The highest BCUT2D eigenvalue weighted by molar-refractivity contribution is 5.93. The molecular weight excluding hydrogens is 320 g/mol. The van der Waals surface area contributed by atoms with E-state index in [1.807, 2.05) is 13.0 Å². The maximum absolute atomic E-state index is 11.3. The lowest BCUT2D eigenvalue weighted by Gasteiger charge is -2.06. The number of carbonyl (C=O) groups excluding carboxylic acids is 1. The van der Waals surface area contributed by atoms with Crippen LogP contribution in [0.15, 0.2) is 54.6 Å². The SMILES string of the molecule is CCC(=O)/C=C/c1ccc(CNCCc2c(C)[nH]c3ccccc23)cc1. The van der Waals surface area contributed by atoms with E-state index in [0.717, 1.165) is 25.1 Å². The number of allylic oxidation sites excluding steroid dienone is 1. The molecule has 0 amide bonds. The van der Waals surface area contributed by atoms with E-state index in [1.54, 1.807) is 6.08 Å². The van der Waals surface area contributed by atoms with E-state index >= 15 is 0 Å². The summed E-state index contributed by atoms with van der Waals surface area (Å²) in [5, 5.41) is 4.85. The highest BCUT2D eigenvalue weighted by Crippen LogP contribution is 2.21. The van der Waals surface area contributed by atoms with Crippen molar-refractivity contribution in [3.8, 4) is 0 Å². The third-order valence-corrected chi connectivity index (χ3v) is 4.70. The number of fused-ring (bicyclic) bond motifs is 1. The smallest absolute Gasteiger partial charge is 0.155 e. The largest absolute Gasteiger partial charge is 0.358 e. The lowest BCUT2D eigenvalue weighted by Crippen LogP contribution is -2.16. The molecule has 0 unspecified atom stereocenters. The number of aromatic nitrogens is 1. The molecule has 0 aliphatic rings. The van der Waals surface area contributed by atoms with Crippen LogP contribution in [0.5, 0.6) is 0 Å². The summed E-state index contributed by atoms with van der Waals surface area (Å²) in [7, 11) is 0. The lowest BCUT2D eigenvalue weighted by atomic mass is 10.1. The van der Waals surface area contributed by atoms with Gasteiger partial charge in [0.1, 0.15) is 0 Å². The molecule has 3 rings (SSSR count). The molecule has 0 saturated heterocycles. The van der Waals surface area contributed by atoms with Crippen LogP contribution in [0.1, 0.15) is 35.7 Å². The minimum Gasteiger partial charge on any atom is -0.358 e. The Morgan fingerprint density at radius 3 is 2.65 bits per heavy atom. The third kappa shape index (κ3) is 4.50. The summed E-state index contributed by atoms with van der Waals surface area (Å²) in [5.74, 6) is 0.156. The minimum absolute atomic E-state index is 0.156. The Morgan fingerprint density at radius 1 is 1.12 bits per heavy atom. The van der Waals surface area contributed by atoms with Crippen LogP contribution in [0.2, 0.25) is 0 Å². The van der Waals surface area contributed by atoms with E-state index in [2.05, 4.69) is 65.8 Å². The van der Waals surface area contributed by atoms with Gasteiger partial charge < -0.3 is 10.3 Å². The number of rotatable bonds is 8. The van der Waals surface area contributed by atoms with Crippen molar-refractivity contribution in [2.45, 2.75) is 33.2 Å². The fourth-order valence-corrected chi connectivity index (χ4v) is 3.16. The van der Waals surface area contributed by atoms with Gasteiger partial charge >= 0.3 is 0 Å². The van der Waals surface area contributed by atoms with Crippen LogP contribution >= 0.6 is 0 Å². The van der Waals surface area contributed by atoms with Gasteiger partial charge in [-0.3, -0.25) is 4.79 Å². The number of benzene rings is 2. The number of para-hydroxylation sites is 1. The molecule has 0 fully saturated rings. The van der Waals surface area contributed by atoms with Crippen molar-refractivity contribution in [2.75, 3.05) is 6.54 Å². The maximum atomic E-state index is 11.3. The van der Waals surface area contributed by atoms with Gasteiger partial charge in [-0.25, -0.2) is 0 Å². The van der Waals surface area contributed by atoms with Crippen LogP contribution in [0.3, 0.4) is 0 Å². The second kappa shape index (κ2) is 8.63. The molecular formula is C23H26N2O. The first-order valence-electron chi connectivity index (χ1n) is 9.24. The Labute approximate surface area is 155 Å². The summed E-state index contributed by atoms with van der Waals surface area (Å²) in [4.78, 5) is 14.8. The second-order valence-electron chi connectivity index (χ2n) is 6.60. The Bertz CT molecular complexity index is 904. The van der Waals surface area contributed by atoms with Crippen molar-refractivity contribution in [3.63, 3.8) is 0 Å². The van der Waals surface area contributed by atoms with Gasteiger partial charge in [0.15, 0.2) is 5.78 Å². The van der Waals surface area contributed by atoms with Crippen LogP contribution < -0.4 is 5.32 Å². The van der Waals surface area contributed by atoms with Gasteiger partial charge in [-0.15, -0.1) is 0 Å². The Kier molecular flexibility index (Phi) is 6.03. The van der Waals surface area contributed by atoms with E-state index in [0.29, 0.717) is 6.42 Å². The quantitative estimate of drug-likeness (QED) is 0.454. The predicted molar refractivity (Wildman–Crippen MR) is 109 cm³/mol. The molecule has 0 saturated carbocycles. The van der Waals surface area contributed by atoms with Crippen molar-refractivity contribution < 1.29 is 4.79 Å². The molecule has 0 aliphatic carbocycles. The first-order chi connectivity index (χ1) is 12.7. The average Bonchev–Trinajstić information content (AvgIpc) is 2.99. The molecule has 0 bridgehead atoms. The molecule has 0 radical (unpaired) electrons. The molecule has 2 aromatic carbocycles. The number of H-pyrrole nitrogens is 1. The Morgan fingerprint density at radius 2 is 1.88 bits per heavy atom. The monoisotopic (exact) mass is 346 g/mol. The van der Waals surface area contributed by atoms with Crippen molar-refractivity contribution >= 4 is 22.8 Å². The van der Waals surface area contributed by atoms with E-state index < -0.39 is 0 Å². The summed E-state index contributed by atoms with van der Waals surface area (Å²) in [6, 6.07) is 16.8. The number of hydrogen-bond donors (Lipinski definition) is 2. The summed E-state index contributed by atoms with van der Waals surface area (Å²) < 4.78 is 0. The zero-order valence-electron chi connectivity index (χ0n) is 15.5. The zero-order chi connectivity index (χ0) is 18.4. The van der Waals surface area contributed by atoms with Gasteiger partial charge in [0.25, 0.3) is 0 Å². The molecule has 1 heterocycles. The number of hydrogen-bond acceptors (Lipinski definition) is 2. The van der Waals surface area contributed by atoms with Crippen molar-refractivity contribution in [3.05, 3.63) is 77.0 Å². The van der Waals surface area contributed by atoms with Gasteiger partial charge in [-0.1, -0.05) is 55.5 Å². The molecule has 3 aromatic rings. The van der Waals surface area contributed by atoms with E-state index in [9.17, 15) is 4.79 Å². The maximum Gasteiger partial charge on any atom is 0.155 e. The van der Waals surface area contributed by atoms with Gasteiger partial charge in [0, 0.05) is 29.6 Å². The van der Waals surface area contributed by atoms with Crippen molar-refractivity contribution in [1.82, 2.24) is 10.3 Å². The molecule has 3 heteroatoms. The topological polar surface area (TPSA) is 44.9 Å². The molecule has 0 spiro atoms. The van der Waals surface area contributed by atoms with Crippen LogP contribution in [0, 0.1) is 6.92 Å². The summed E-state index contributed by atoms with van der Waals surface area (Å²) >= 11 is 0. The van der Waals surface area contributed by atoms with Gasteiger partial charge in [0.05, 0.1) is 0 Å². The first kappa shape index (κ1) is 18.2. The third-order valence-electron chi connectivity index (χ3n) is 4.70. The van der Waals surface area contributed by atoms with Crippen LogP contribution in [0.4, 0.5) is 0 Å².